The molecule has 0 aliphatic heterocycles. The van der Waals surface area contributed by atoms with Gasteiger partial charge in [0.05, 0.1) is 20.6 Å². The van der Waals surface area contributed by atoms with Gasteiger partial charge in [-0.2, -0.15) is 4.98 Å². The molecule has 0 saturated carbocycles. The number of carbonyl (C=O) groups is 1. The van der Waals surface area contributed by atoms with Crippen LogP contribution in [0.4, 0.5) is 0 Å². The number of benzene rings is 1. The van der Waals surface area contributed by atoms with Crippen LogP contribution in [0.25, 0.3) is 5.78 Å². The molecule has 0 aliphatic rings. The molecule has 32 heavy (non-hydrogen) atoms. The predicted molar refractivity (Wildman–Crippen MR) is 120 cm³/mol. The SMILES string of the molecule is COc1cccc(OC)c1OCC(O)CNC(=O)Cc1c(C)nc2nc(SC)nn2c1C. The standard InChI is InChI=1S/C21H27N5O5S/c1-12-15(13(2)26-20(23-12)24-21(25-26)32-5)9-18(28)22-10-14(27)11-31-19-16(29-3)7-6-8-17(19)30-4/h6-8,14,27H,9-11H2,1-5H3,(H,22,28). The van der Waals surface area contributed by atoms with E-state index < -0.39 is 6.10 Å². The lowest BCUT2D eigenvalue weighted by molar-refractivity contribution is -0.121. The van der Waals surface area contributed by atoms with Gasteiger partial charge in [-0.3, -0.25) is 4.79 Å². The molecule has 11 heteroatoms. The van der Waals surface area contributed by atoms with Gasteiger partial charge >= 0.3 is 0 Å². The molecule has 0 bridgehead atoms. The number of amides is 1. The minimum Gasteiger partial charge on any atom is -0.493 e. The van der Waals surface area contributed by atoms with Crippen molar-refractivity contribution < 1.29 is 24.1 Å². The zero-order valence-electron chi connectivity index (χ0n) is 18.7. The van der Waals surface area contributed by atoms with E-state index in [1.165, 1.54) is 26.0 Å². The van der Waals surface area contributed by atoms with Crippen LogP contribution in [0.5, 0.6) is 17.2 Å². The summed E-state index contributed by atoms with van der Waals surface area (Å²) in [6, 6.07) is 5.25. The van der Waals surface area contributed by atoms with Crippen molar-refractivity contribution in [2.75, 3.05) is 33.6 Å². The number of methoxy groups -OCH3 is 2. The monoisotopic (exact) mass is 461 g/mol. The predicted octanol–water partition coefficient (Wildman–Crippen LogP) is 1.58. The maximum Gasteiger partial charge on any atom is 0.253 e. The van der Waals surface area contributed by atoms with Crippen molar-refractivity contribution in [1.82, 2.24) is 24.9 Å². The van der Waals surface area contributed by atoms with Gasteiger partial charge in [-0.25, -0.2) is 9.50 Å². The van der Waals surface area contributed by atoms with E-state index in [-0.39, 0.29) is 25.5 Å². The molecule has 172 valence electrons. The summed E-state index contributed by atoms with van der Waals surface area (Å²) in [6.07, 6.45) is 1.09. The van der Waals surface area contributed by atoms with Gasteiger partial charge in [0.25, 0.3) is 5.78 Å². The maximum atomic E-state index is 12.5. The minimum absolute atomic E-state index is 0.0318. The molecule has 0 spiro atoms. The van der Waals surface area contributed by atoms with Crippen LogP contribution >= 0.6 is 11.8 Å². The van der Waals surface area contributed by atoms with Crippen molar-refractivity contribution in [3.8, 4) is 17.2 Å². The van der Waals surface area contributed by atoms with Gasteiger partial charge in [0.15, 0.2) is 11.5 Å². The average molecular weight is 462 g/mol. The molecule has 2 heterocycles. The second-order valence-electron chi connectivity index (χ2n) is 7.01. The molecule has 3 aromatic rings. The molecule has 0 fully saturated rings. The third-order valence-corrected chi connectivity index (χ3v) is 5.43. The summed E-state index contributed by atoms with van der Waals surface area (Å²) < 4.78 is 17.9. The molecule has 3 rings (SSSR count). The Morgan fingerprint density at radius 1 is 1.22 bits per heavy atom. The number of aromatic nitrogens is 4. The number of thioether (sulfide) groups is 1. The van der Waals surface area contributed by atoms with Crippen LogP contribution in [-0.2, 0) is 11.2 Å². The first-order valence-electron chi connectivity index (χ1n) is 9.93. The largest absolute Gasteiger partial charge is 0.493 e. The highest BCUT2D eigenvalue weighted by Crippen LogP contribution is 2.36. The number of aliphatic hydroxyl groups excluding tert-OH is 1. The van der Waals surface area contributed by atoms with Gasteiger partial charge in [-0.1, -0.05) is 17.8 Å². The highest BCUT2D eigenvalue weighted by atomic mass is 32.2. The van der Waals surface area contributed by atoms with Crippen LogP contribution < -0.4 is 19.5 Å². The Labute approximate surface area is 190 Å². The van der Waals surface area contributed by atoms with Crippen LogP contribution in [0.15, 0.2) is 23.4 Å². The molecule has 0 radical (unpaired) electrons. The van der Waals surface area contributed by atoms with Crippen molar-refractivity contribution in [1.29, 1.82) is 0 Å². The third-order valence-electron chi connectivity index (χ3n) is 4.89. The van der Waals surface area contributed by atoms with Gasteiger partial charge in [0.1, 0.15) is 12.7 Å². The first-order valence-corrected chi connectivity index (χ1v) is 11.2. The number of hydrogen-bond donors (Lipinski definition) is 2. The van der Waals surface area contributed by atoms with Gasteiger partial charge in [0.2, 0.25) is 16.8 Å². The molecule has 1 aromatic carbocycles. The van der Waals surface area contributed by atoms with Crippen molar-refractivity contribution in [2.24, 2.45) is 0 Å². The van der Waals surface area contributed by atoms with E-state index in [1.807, 2.05) is 20.1 Å². The lowest BCUT2D eigenvalue weighted by Crippen LogP contribution is -2.36. The summed E-state index contributed by atoms with van der Waals surface area (Å²) in [5, 5.41) is 18.0. The van der Waals surface area contributed by atoms with Gasteiger partial charge in [0, 0.05) is 23.5 Å². The molecule has 0 aliphatic carbocycles. The summed E-state index contributed by atoms with van der Waals surface area (Å²) in [7, 11) is 3.05. The first kappa shape index (κ1) is 23.6. The van der Waals surface area contributed by atoms with Gasteiger partial charge in [-0.15, -0.1) is 5.10 Å². The zero-order chi connectivity index (χ0) is 23.3. The third kappa shape index (κ3) is 5.22. The number of hydrogen-bond acceptors (Lipinski definition) is 9. The van der Waals surface area contributed by atoms with Crippen molar-refractivity contribution in [2.45, 2.75) is 31.5 Å². The molecule has 10 nitrogen and oxygen atoms in total. The fraction of sp³-hybridized carbons (Fsp3) is 0.429. The fourth-order valence-electron chi connectivity index (χ4n) is 3.18. The van der Waals surface area contributed by atoms with E-state index in [9.17, 15) is 9.90 Å². The number of aliphatic hydroxyl groups is 1. The van der Waals surface area contributed by atoms with E-state index in [1.54, 1.807) is 22.7 Å². The number of nitrogens with one attached hydrogen (secondary N) is 1. The number of nitrogens with zero attached hydrogens (tertiary/aromatic N) is 4. The Morgan fingerprint density at radius 3 is 2.53 bits per heavy atom. The van der Waals surface area contributed by atoms with Crippen LogP contribution in [0.3, 0.4) is 0 Å². The number of aryl methyl sites for hydroxylation is 2. The molecule has 1 atom stereocenters. The molecule has 1 amide bonds. The quantitative estimate of drug-likeness (QED) is 0.434. The normalized spacial score (nSPS) is 11.9. The summed E-state index contributed by atoms with van der Waals surface area (Å²) in [4.78, 5) is 21.3. The molecular formula is C21H27N5O5S. The number of rotatable bonds is 10. The Kier molecular flexibility index (Phi) is 7.75. The van der Waals surface area contributed by atoms with Crippen LogP contribution in [-0.4, -0.2) is 70.3 Å². The molecule has 2 N–H and O–H groups in total. The number of fused-ring (bicyclic) bond motifs is 1. The second kappa shape index (κ2) is 10.5. The summed E-state index contributed by atoms with van der Waals surface area (Å²) >= 11 is 1.43. The number of carbonyl (C=O) groups excluding carboxylic acids is 1. The summed E-state index contributed by atoms with van der Waals surface area (Å²) in [5.74, 6) is 1.65. The highest BCUT2D eigenvalue weighted by molar-refractivity contribution is 7.98. The Bertz CT molecular complexity index is 1080. The molecular weight excluding hydrogens is 434 g/mol. The van der Waals surface area contributed by atoms with Crippen molar-refractivity contribution in [3.63, 3.8) is 0 Å². The number of ether oxygens (including phenoxy) is 3. The number of para-hydroxylation sites is 1. The molecule has 2 aromatic heterocycles. The van der Waals surface area contributed by atoms with E-state index >= 15 is 0 Å². The Hall–Kier alpha value is -3.05. The van der Waals surface area contributed by atoms with E-state index in [4.69, 9.17) is 14.2 Å². The van der Waals surface area contributed by atoms with Gasteiger partial charge < -0.3 is 24.6 Å². The average Bonchev–Trinajstić information content (AvgIpc) is 3.21. The molecule has 0 saturated heterocycles. The van der Waals surface area contributed by atoms with E-state index in [0.717, 1.165) is 17.0 Å². The van der Waals surface area contributed by atoms with Gasteiger partial charge in [-0.05, 0) is 32.2 Å². The van der Waals surface area contributed by atoms with Crippen LogP contribution in [0.2, 0.25) is 0 Å². The first-order chi connectivity index (χ1) is 15.4. The smallest absolute Gasteiger partial charge is 0.253 e. The highest BCUT2D eigenvalue weighted by Gasteiger charge is 2.18. The van der Waals surface area contributed by atoms with E-state index in [0.29, 0.717) is 28.2 Å². The van der Waals surface area contributed by atoms with Crippen LogP contribution in [0.1, 0.15) is 17.0 Å². The van der Waals surface area contributed by atoms with E-state index in [2.05, 4.69) is 20.4 Å². The maximum absolute atomic E-state index is 12.5. The minimum atomic E-state index is -0.921. The topological polar surface area (TPSA) is 120 Å². The molecule has 1 unspecified atom stereocenters. The van der Waals surface area contributed by atoms with Crippen molar-refractivity contribution >= 4 is 23.4 Å². The fourth-order valence-corrected chi connectivity index (χ4v) is 3.52. The second-order valence-corrected chi connectivity index (χ2v) is 7.78. The summed E-state index contributed by atoms with van der Waals surface area (Å²) in [5.41, 5.74) is 2.30. The summed E-state index contributed by atoms with van der Waals surface area (Å²) in [6.45, 7) is 3.71. The lowest BCUT2D eigenvalue weighted by Gasteiger charge is -2.17. The van der Waals surface area contributed by atoms with Crippen molar-refractivity contribution in [3.05, 3.63) is 35.2 Å². The Balaban J connectivity index is 1.58. The lowest BCUT2D eigenvalue weighted by atomic mass is 10.1. The zero-order valence-corrected chi connectivity index (χ0v) is 19.5. The van der Waals surface area contributed by atoms with Crippen LogP contribution in [0, 0.1) is 13.8 Å². The Morgan fingerprint density at radius 2 is 1.91 bits per heavy atom.